The Balaban J connectivity index is 0.949. The Morgan fingerprint density at radius 3 is 1.88 bits per heavy atom. The lowest BCUT2D eigenvalue weighted by Crippen LogP contribution is -2.80. The fraction of sp³-hybridized carbons (Fsp3) is 0.100. The molecule has 1 aliphatic heterocycles. The monoisotopic (exact) mass is 823 g/mol. The quantitative estimate of drug-likeness (QED) is 0.165. The molecular formula is C60H47N4+. The first-order chi connectivity index (χ1) is 31.6. The summed E-state index contributed by atoms with van der Waals surface area (Å²) in [4.78, 5) is 9.15. The number of nitrogens with one attached hydrogen (secondary N) is 2. The first kappa shape index (κ1) is 37.9. The number of amidine groups is 2. The zero-order chi connectivity index (χ0) is 42.6. The van der Waals surface area contributed by atoms with E-state index in [9.17, 15) is 0 Å². The van der Waals surface area contributed by atoms with Crippen LogP contribution in [0.5, 0.6) is 0 Å². The van der Waals surface area contributed by atoms with E-state index in [1.165, 1.54) is 66.7 Å². The van der Waals surface area contributed by atoms with Crippen LogP contribution in [0.1, 0.15) is 70.1 Å². The molecule has 3 atom stereocenters. The molecule has 8 aromatic carbocycles. The van der Waals surface area contributed by atoms with Gasteiger partial charge >= 0.3 is 0 Å². The number of hydrogen-bond acceptors (Lipinski definition) is 2. The third kappa shape index (κ3) is 6.53. The molecule has 306 valence electrons. The number of aliphatic imine (C=N–C) groups is 1. The standard InChI is InChI=1S/C60H46N4/c1-60-39-53-51-25-12-14-27-55(51)64(56(53)38-48(60)37-52(50-24-11-13-26-54(50)60)44-32-28-42(29-33-44)40-16-5-2-6-17-40)49-23-15-22-47(36-49)59-62-57(45-20-9-4-10-21-45)61-58(63-59)46-34-30-43(31-35-46)41-18-7-3-8-19-41/h2-36,38,52,59H,37,39H2,1H3,(H,61,62,63)/p+1. The molecule has 2 aliphatic carbocycles. The maximum Gasteiger partial charge on any atom is 0.283 e. The molecule has 0 amide bonds. The molecule has 9 aromatic rings. The highest BCUT2D eigenvalue weighted by atomic mass is 15.2. The van der Waals surface area contributed by atoms with Gasteiger partial charge in [-0.25, -0.2) is 10.3 Å². The number of aromatic nitrogens is 1. The van der Waals surface area contributed by atoms with Crippen molar-refractivity contribution in [2.75, 3.05) is 0 Å². The van der Waals surface area contributed by atoms with E-state index in [0.717, 1.165) is 46.9 Å². The first-order valence-corrected chi connectivity index (χ1v) is 22.5. The summed E-state index contributed by atoms with van der Waals surface area (Å²) in [5, 5.41) is 4.97. The summed E-state index contributed by atoms with van der Waals surface area (Å²) in [6.45, 7) is 2.48. The molecule has 12 rings (SSSR count). The molecule has 1 aromatic heterocycles. The van der Waals surface area contributed by atoms with E-state index in [-0.39, 0.29) is 17.5 Å². The summed E-state index contributed by atoms with van der Waals surface area (Å²) in [5.74, 6) is 2.04. The number of para-hydroxylation sites is 1. The lowest BCUT2D eigenvalue weighted by Gasteiger charge is -2.44. The zero-order valence-corrected chi connectivity index (χ0v) is 35.7. The van der Waals surface area contributed by atoms with Crippen molar-refractivity contribution >= 4 is 28.7 Å². The summed E-state index contributed by atoms with van der Waals surface area (Å²) in [5.41, 5.74) is 18.8. The molecule has 3 aliphatic rings. The Bertz CT molecular complexity index is 3290. The van der Waals surface area contributed by atoms with Gasteiger partial charge in [0, 0.05) is 33.5 Å². The van der Waals surface area contributed by atoms with Gasteiger partial charge in [-0.3, -0.25) is 0 Å². The molecular weight excluding hydrogens is 777 g/mol. The van der Waals surface area contributed by atoms with Crippen molar-refractivity contribution in [1.82, 2.24) is 9.88 Å². The van der Waals surface area contributed by atoms with E-state index in [1.807, 2.05) is 0 Å². The molecule has 64 heavy (non-hydrogen) atoms. The smallest absolute Gasteiger partial charge is 0.283 e. The third-order valence-corrected chi connectivity index (χ3v) is 13.9. The van der Waals surface area contributed by atoms with E-state index in [2.05, 4.69) is 240 Å². The number of benzene rings is 8. The maximum atomic E-state index is 5.37. The highest BCUT2D eigenvalue weighted by molar-refractivity contribution is 6.13. The van der Waals surface area contributed by atoms with Gasteiger partial charge in [-0.2, -0.15) is 4.99 Å². The maximum absolute atomic E-state index is 5.37. The second-order valence-electron chi connectivity index (χ2n) is 17.7. The minimum Gasteiger partial charge on any atom is -0.310 e. The molecule has 0 radical (unpaired) electrons. The molecule has 4 heteroatoms. The highest BCUT2D eigenvalue weighted by Gasteiger charge is 2.44. The van der Waals surface area contributed by atoms with Crippen molar-refractivity contribution in [2.45, 2.75) is 37.3 Å². The Morgan fingerprint density at radius 2 is 1.16 bits per heavy atom. The summed E-state index contributed by atoms with van der Waals surface area (Å²) < 4.78 is 2.50. The van der Waals surface area contributed by atoms with Crippen LogP contribution in [-0.2, 0) is 11.8 Å². The number of allylic oxidation sites excluding steroid dienone is 1. The topological polar surface area (TPSA) is 43.3 Å². The van der Waals surface area contributed by atoms with E-state index >= 15 is 0 Å². The van der Waals surface area contributed by atoms with Gasteiger partial charge in [0.1, 0.15) is 0 Å². The first-order valence-electron chi connectivity index (χ1n) is 22.5. The third-order valence-electron chi connectivity index (χ3n) is 13.9. The fourth-order valence-electron chi connectivity index (χ4n) is 10.6. The van der Waals surface area contributed by atoms with Gasteiger partial charge in [-0.15, -0.1) is 0 Å². The minimum atomic E-state index is -0.316. The van der Waals surface area contributed by atoms with Crippen LogP contribution in [0.15, 0.2) is 223 Å². The van der Waals surface area contributed by atoms with Crippen molar-refractivity contribution in [3.8, 4) is 27.9 Å². The zero-order valence-electron chi connectivity index (χ0n) is 35.7. The minimum absolute atomic E-state index is 0.117. The molecule has 3 unspecified atom stereocenters. The van der Waals surface area contributed by atoms with E-state index in [4.69, 9.17) is 4.99 Å². The van der Waals surface area contributed by atoms with Crippen LogP contribution in [0.2, 0.25) is 0 Å². The average molecular weight is 824 g/mol. The Kier molecular flexibility index (Phi) is 9.19. The van der Waals surface area contributed by atoms with Crippen molar-refractivity contribution in [2.24, 2.45) is 4.99 Å². The predicted molar refractivity (Wildman–Crippen MR) is 263 cm³/mol. The van der Waals surface area contributed by atoms with Crippen molar-refractivity contribution in [1.29, 1.82) is 0 Å². The van der Waals surface area contributed by atoms with Gasteiger partial charge < -0.3 is 4.57 Å². The molecule has 0 saturated carbocycles. The van der Waals surface area contributed by atoms with Gasteiger partial charge in [-0.1, -0.05) is 182 Å². The van der Waals surface area contributed by atoms with Crippen LogP contribution in [0.4, 0.5) is 0 Å². The molecule has 0 fully saturated rings. The Hall–Kier alpha value is -7.82. The van der Waals surface area contributed by atoms with Gasteiger partial charge in [0.05, 0.1) is 16.8 Å². The van der Waals surface area contributed by atoms with Crippen molar-refractivity contribution in [3.05, 3.63) is 263 Å². The van der Waals surface area contributed by atoms with Crippen LogP contribution in [0.3, 0.4) is 0 Å². The number of fused-ring (bicyclic) bond motifs is 6. The SMILES string of the molecule is CC12Cc3c(n(-c4cccc(C5N=C(c6ccc(-c7ccccc7)cc6)NC(c6ccccc6)=[NH+]5)c4)c4ccccc34)C=C1CC(c1ccc(-c3ccccc3)cc1)c1ccccc12. The van der Waals surface area contributed by atoms with E-state index in [1.54, 1.807) is 0 Å². The number of hydrogen-bond donors (Lipinski definition) is 2. The number of rotatable bonds is 7. The summed E-state index contributed by atoms with van der Waals surface area (Å²) in [6, 6.07) is 76.9. The molecule has 0 spiro atoms. The summed E-state index contributed by atoms with van der Waals surface area (Å²) in [6.07, 6.45) is 4.15. The second kappa shape index (κ2) is 15.5. The summed E-state index contributed by atoms with van der Waals surface area (Å²) >= 11 is 0. The lowest BCUT2D eigenvalue weighted by molar-refractivity contribution is -0.510. The van der Waals surface area contributed by atoms with Gasteiger partial charge in [-0.05, 0) is 106 Å². The van der Waals surface area contributed by atoms with Crippen LogP contribution >= 0.6 is 0 Å². The Morgan fingerprint density at radius 1 is 0.562 bits per heavy atom. The largest absolute Gasteiger partial charge is 0.310 e. The molecule has 4 nitrogen and oxygen atoms in total. The molecule has 2 heterocycles. The van der Waals surface area contributed by atoms with Crippen LogP contribution < -0.4 is 10.3 Å². The van der Waals surface area contributed by atoms with E-state index < -0.39 is 0 Å². The van der Waals surface area contributed by atoms with Crippen LogP contribution in [0, 0.1) is 0 Å². The van der Waals surface area contributed by atoms with Crippen LogP contribution in [-0.4, -0.2) is 16.2 Å². The fourth-order valence-corrected chi connectivity index (χ4v) is 10.6. The van der Waals surface area contributed by atoms with Crippen molar-refractivity contribution < 1.29 is 4.99 Å². The second-order valence-corrected chi connectivity index (χ2v) is 17.7. The van der Waals surface area contributed by atoms with Crippen molar-refractivity contribution in [3.63, 3.8) is 0 Å². The predicted octanol–water partition coefficient (Wildman–Crippen LogP) is 12.0. The van der Waals surface area contributed by atoms with Gasteiger partial charge in [0.2, 0.25) is 12.0 Å². The highest BCUT2D eigenvalue weighted by Crippen LogP contribution is 2.54. The molecule has 0 bridgehead atoms. The van der Waals surface area contributed by atoms with Gasteiger partial charge in [0.25, 0.3) is 5.84 Å². The Labute approximate surface area is 374 Å². The molecule has 2 N–H and O–H groups in total. The number of nitrogens with zero attached hydrogens (tertiary/aromatic N) is 2. The normalized spacial score (nSPS) is 18.7. The summed E-state index contributed by atoms with van der Waals surface area (Å²) in [7, 11) is 0. The van der Waals surface area contributed by atoms with Crippen LogP contribution in [0.25, 0.3) is 44.9 Å². The van der Waals surface area contributed by atoms with Gasteiger partial charge in [0.15, 0.2) is 0 Å². The average Bonchev–Trinajstić information content (AvgIpc) is 3.68. The lowest BCUT2D eigenvalue weighted by atomic mass is 9.59. The molecule has 0 saturated heterocycles. The van der Waals surface area contributed by atoms with E-state index in [0.29, 0.717) is 0 Å².